The van der Waals surface area contributed by atoms with E-state index < -0.39 is 6.04 Å². The van der Waals surface area contributed by atoms with Gasteiger partial charge >= 0.3 is 0 Å². The Balaban J connectivity index is 1.89. The van der Waals surface area contributed by atoms with Gasteiger partial charge in [-0.05, 0) is 18.4 Å². The minimum atomic E-state index is -0.509. The first-order valence-electron chi connectivity index (χ1n) is 6.18. The Morgan fingerprint density at radius 3 is 2.83 bits per heavy atom. The average molecular weight is 249 g/mol. The predicted octanol–water partition coefficient (Wildman–Crippen LogP) is 0.136. The number of nitrogens with one attached hydrogen (secondary N) is 1. The first-order valence-corrected chi connectivity index (χ1v) is 6.18. The van der Waals surface area contributed by atoms with Crippen molar-refractivity contribution < 1.29 is 10.0 Å². The van der Waals surface area contributed by atoms with Gasteiger partial charge in [0, 0.05) is 13.1 Å². The summed E-state index contributed by atoms with van der Waals surface area (Å²) in [4.78, 5) is 13.8. The largest absolute Gasteiger partial charge is 0.340 e. The Hall–Kier alpha value is -1.43. The minimum Gasteiger partial charge on any atom is -0.340 e. The number of benzene rings is 1. The summed E-state index contributed by atoms with van der Waals surface area (Å²) in [5, 5.41) is 8.82. The number of amides is 1. The molecule has 0 aliphatic carbocycles. The van der Waals surface area contributed by atoms with Crippen LogP contribution in [0.1, 0.15) is 12.0 Å². The molecule has 1 saturated heterocycles. The van der Waals surface area contributed by atoms with Crippen molar-refractivity contribution in [2.24, 2.45) is 5.73 Å². The van der Waals surface area contributed by atoms with E-state index in [4.69, 9.17) is 10.9 Å². The number of likely N-dealkylation sites (tertiary alicyclic amines) is 1. The highest BCUT2D eigenvalue weighted by molar-refractivity contribution is 5.82. The van der Waals surface area contributed by atoms with Gasteiger partial charge in [0.25, 0.3) is 0 Å². The van der Waals surface area contributed by atoms with Crippen molar-refractivity contribution in [3.63, 3.8) is 0 Å². The van der Waals surface area contributed by atoms with Crippen molar-refractivity contribution in [2.45, 2.75) is 24.9 Å². The van der Waals surface area contributed by atoms with Crippen molar-refractivity contribution >= 4 is 5.91 Å². The molecule has 1 aromatic rings. The van der Waals surface area contributed by atoms with Crippen LogP contribution >= 0.6 is 0 Å². The molecule has 0 radical (unpaired) electrons. The van der Waals surface area contributed by atoms with Crippen LogP contribution in [0.5, 0.6) is 0 Å². The van der Waals surface area contributed by atoms with Crippen LogP contribution in [-0.4, -0.2) is 41.2 Å². The van der Waals surface area contributed by atoms with Crippen molar-refractivity contribution in [1.82, 2.24) is 10.4 Å². The van der Waals surface area contributed by atoms with E-state index in [1.54, 1.807) is 4.90 Å². The molecule has 4 N–H and O–H groups in total. The van der Waals surface area contributed by atoms with Gasteiger partial charge in [-0.1, -0.05) is 30.3 Å². The molecule has 1 unspecified atom stereocenters. The fourth-order valence-electron chi connectivity index (χ4n) is 2.26. The Morgan fingerprint density at radius 1 is 1.50 bits per heavy atom. The van der Waals surface area contributed by atoms with Gasteiger partial charge in [-0.25, -0.2) is 5.48 Å². The first kappa shape index (κ1) is 13.0. The standard InChI is InChI=1S/C13H19N3O2/c14-12(8-10-4-2-1-3-5-10)13(17)16-7-6-11(9-16)15-18/h1-5,11-12,15,18H,6-9,14H2/t11?,12-/m0/s1. The number of nitrogens with zero attached hydrogens (tertiary/aromatic N) is 1. The summed E-state index contributed by atoms with van der Waals surface area (Å²) in [7, 11) is 0. The minimum absolute atomic E-state index is 0.0297. The Bertz CT molecular complexity index is 396. The third kappa shape index (κ3) is 3.07. The van der Waals surface area contributed by atoms with Crippen LogP contribution in [0.3, 0.4) is 0 Å². The van der Waals surface area contributed by atoms with E-state index in [1.165, 1.54) is 0 Å². The molecule has 0 aromatic heterocycles. The molecule has 1 fully saturated rings. The van der Waals surface area contributed by atoms with Gasteiger partial charge < -0.3 is 15.8 Å². The quantitative estimate of drug-likeness (QED) is 0.663. The number of carbonyl (C=O) groups excluding carboxylic acids is 1. The van der Waals surface area contributed by atoms with Crippen LogP contribution < -0.4 is 11.2 Å². The molecule has 1 amide bonds. The van der Waals surface area contributed by atoms with Gasteiger partial charge in [0.15, 0.2) is 0 Å². The third-order valence-corrected chi connectivity index (χ3v) is 3.30. The lowest BCUT2D eigenvalue weighted by Crippen LogP contribution is -2.45. The number of hydrogen-bond donors (Lipinski definition) is 3. The summed E-state index contributed by atoms with van der Waals surface area (Å²) in [5.41, 5.74) is 9.21. The molecular formula is C13H19N3O2. The lowest BCUT2D eigenvalue weighted by Gasteiger charge is -2.20. The van der Waals surface area contributed by atoms with Crippen molar-refractivity contribution in [2.75, 3.05) is 13.1 Å². The molecule has 0 spiro atoms. The summed E-state index contributed by atoms with van der Waals surface area (Å²) in [5.74, 6) is -0.0448. The van der Waals surface area contributed by atoms with Crippen LogP contribution in [-0.2, 0) is 11.2 Å². The third-order valence-electron chi connectivity index (χ3n) is 3.30. The van der Waals surface area contributed by atoms with E-state index in [0.29, 0.717) is 19.5 Å². The normalized spacial score (nSPS) is 21.0. The van der Waals surface area contributed by atoms with Gasteiger partial charge in [-0.15, -0.1) is 0 Å². The molecular weight excluding hydrogens is 230 g/mol. The Kier molecular flexibility index (Phi) is 4.30. The number of carbonyl (C=O) groups is 1. The summed E-state index contributed by atoms with van der Waals surface area (Å²) in [6.07, 6.45) is 1.31. The lowest BCUT2D eigenvalue weighted by atomic mass is 10.1. The van der Waals surface area contributed by atoms with E-state index in [2.05, 4.69) is 5.48 Å². The molecule has 2 atom stereocenters. The number of rotatable bonds is 4. The second-order valence-electron chi connectivity index (χ2n) is 4.70. The first-order chi connectivity index (χ1) is 8.70. The molecule has 1 aliphatic heterocycles. The van der Waals surface area contributed by atoms with E-state index >= 15 is 0 Å². The average Bonchev–Trinajstić information content (AvgIpc) is 2.87. The van der Waals surface area contributed by atoms with Crippen molar-refractivity contribution in [3.8, 4) is 0 Å². The smallest absolute Gasteiger partial charge is 0.239 e. The zero-order valence-electron chi connectivity index (χ0n) is 10.2. The van der Waals surface area contributed by atoms with E-state index in [-0.39, 0.29) is 11.9 Å². The van der Waals surface area contributed by atoms with E-state index in [9.17, 15) is 4.79 Å². The highest BCUT2D eigenvalue weighted by Gasteiger charge is 2.28. The molecule has 1 heterocycles. The maximum atomic E-state index is 12.1. The van der Waals surface area contributed by atoms with Gasteiger partial charge in [-0.2, -0.15) is 0 Å². The Morgan fingerprint density at radius 2 is 2.22 bits per heavy atom. The van der Waals surface area contributed by atoms with Crippen LogP contribution in [0.25, 0.3) is 0 Å². The second-order valence-corrected chi connectivity index (χ2v) is 4.70. The fraction of sp³-hybridized carbons (Fsp3) is 0.462. The van der Waals surface area contributed by atoms with Gasteiger partial charge in [0.1, 0.15) is 0 Å². The maximum Gasteiger partial charge on any atom is 0.239 e. The highest BCUT2D eigenvalue weighted by atomic mass is 16.5. The van der Waals surface area contributed by atoms with Gasteiger partial charge in [0.2, 0.25) is 5.91 Å². The Labute approximate surface area is 107 Å². The van der Waals surface area contributed by atoms with Crippen LogP contribution in [0.2, 0.25) is 0 Å². The fourth-order valence-corrected chi connectivity index (χ4v) is 2.26. The summed E-state index contributed by atoms with van der Waals surface area (Å²) < 4.78 is 0. The van der Waals surface area contributed by atoms with Crippen molar-refractivity contribution in [3.05, 3.63) is 35.9 Å². The zero-order valence-corrected chi connectivity index (χ0v) is 10.2. The van der Waals surface area contributed by atoms with Gasteiger partial charge in [0.05, 0.1) is 12.1 Å². The van der Waals surface area contributed by atoms with Crippen LogP contribution in [0.4, 0.5) is 0 Å². The van der Waals surface area contributed by atoms with E-state index in [0.717, 1.165) is 12.0 Å². The molecule has 18 heavy (non-hydrogen) atoms. The SMILES string of the molecule is N[C@@H](Cc1ccccc1)C(=O)N1CCC(NO)C1. The van der Waals surface area contributed by atoms with E-state index in [1.807, 2.05) is 30.3 Å². The monoisotopic (exact) mass is 249 g/mol. The molecule has 5 heteroatoms. The van der Waals surface area contributed by atoms with Crippen LogP contribution in [0.15, 0.2) is 30.3 Å². The van der Waals surface area contributed by atoms with Gasteiger partial charge in [-0.3, -0.25) is 4.79 Å². The van der Waals surface area contributed by atoms with Crippen LogP contribution in [0, 0.1) is 0 Å². The number of hydrogen-bond acceptors (Lipinski definition) is 4. The number of nitrogens with two attached hydrogens (primary N) is 1. The molecule has 98 valence electrons. The molecule has 5 nitrogen and oxygen atoms in total. The molecule has 0 saturated carbocycles. The molecule has 0 bridgehead atoms. The topological polar surface area (TPSA) is 78.6 Å². The molecule has 2 rings (SSSR count). The zero-order chi connectivity index (χ0) is 13.0. The molecule has 1 aliphatic rings. The summed E-state index contributed by atoms with van der Waals surface area (Å²) in [6, 6.07) is 9.21. The second kappa shape index (κ2) is 5.95. The maximum absolute atomic E-state index is 12.1. The summed E-state index contributed by atoms with van der Waals surface area (Å²) in [6.45, 7) is 1.18. The predicted molar refractivity (Wildman–Crippen MR) is 68.0 cm³/mol. The summed E-state index contributed by atoms with van der Waals surface area (Å²) >= 11 is 0. The van der Waals surface area contributed by atoms with Crippen molar-refractivity contribution in [1.29, 1.82) is 0 Å². The number of hydroxylamine groups is 1. The highest BCUT2D eigenvalue weighted by Crippen LogP contribution is 2.11. The lowest BCUT2D eigenvalue weighted by molar-refractivity contribution is -0.131. The molecule has 1 aromatic carbocycles.